The van der Waals surface area contributed by atoms with Crippen molar-refractivity contribution in [1.29, 1.82) is 5.26 Å². The first-order valence-corrected chi connectivity index (χ1v) is 6.61. The number of hydrogen-bond acceptors (Lipinski definition) is 5. The van der Waals surface area contributed by atoms with Gasteiger partial charge in [0, 0.05) is 23.8 Å². The number of pyridine rings is 1. The number of nitrogens with zero attached hydrogens (tertiary/aromatic N) is 5. The minimum absolute atomic E-state index is 0.379. The van der Waals surface area contributed by atoms with Crippen molar-refractivity contribution in [3.05, 3.63) is 47.4 Å². The maximum atomic E-state index is 9.23. The molecule has 7 heteroatoms. The SMILES string of the molecule is N#Cc1cc2c(Cl)ccnc2cc1OCCn1ccnn1. The lowest BCUT2D eigenvalue weighted by molar-refractivity contribution is 0.289. The second kappa shape index (κ2) is 5.77. The van der Waals surface area contributed by atoms with Crippen molar-refractivity contribution in [2.45, 2.75) is 6.54 Å². The quantitative estimate of drug-likeness (QED) is 0.739. The van der Waals surface area contributed by atoms with Crippen LogP contribution in [0, 0.1) is 11.3 Å². The molecule has 3 rings (SSSR count). The number of halogens is 1. The Morgan fingerprint density at radius 1 is 1.33 bits per heavy atom. The lowest BCUT2D eigenvalue weighted by Gasteiger charge is -2.09. The minimum Gasteiger partial charge on any atom is -0.490 e. The minimum atomic E-state index is 0.379. The Labute approximate surface area is 125 Å². The molecule has 0 atom stereocenters. The molecule has 2 heterocycles. The molecule has 0 radical (unpaired) electrons. The first kappa shape index (κ1) is 13.3. The molecule has 1 aromatic carbocycles. The number of fused-ring (bicyclic) bond motifs is 1. The molecule has 0 aliphatic rings. The van der Waals surface area contributed by atoms with E-state index in [0.717, 1.165) is 5.39 Å². The van der Waals surface area contributed by atoms with E-state index in [9.17, 15) is 5.26 Å². The van der Waals surface area contributed by atoms with Gasteiger partial charge in [0.15, 0.2) is 0 Å². The fourth-order valence-corrected chi connectivity index (χ4v) is 2.16. The monoisotopic (exact) mass is 299 g/mol. The summed E-state index contributed by atoms with van der Waals surface area (Å²) in [6, 6.07) is 7.22. The summed E-state index contributed by atoms with van der Waals surface area (Å²) in [4.78, 5) is 4.23. The molecule has 21 heavy (non-hydrogen) atoms. The van der Waals surface area contributed by atoms with Crippen LogP contribution in [0.2, 0.25) is 5.02 Å². The number of hydrogen-bond donors (Lipinski definition) is 0. The topological polar surface area (TPSA) is 76.6 Å². The molecular weight excluding hydrogens is 290 g/mol. The Morgan fingerprint density at radius 3 is 3.00 bits per heavy atom. The Balaban J connectivity index is 1.85. The van der Waals surface area contributed by atoms with E-state index in [1.807, 2.05) is 0 Å². The second-order valence-corrected chi connectivity index (χ2v) is 4.69. The van der Waals surface area contributed by atoms with E-state index >= 15 is 0 Å². The van der Waals surface area contributed by atoms with Crippen molar-refractivity contribution in [3.63, 3.8) is 0 Å². The molecule has 3 aromatic rings. The summed E-state index contributed by atoms with van der Waals surface area (Å²) in [6.45, 7) is 0.927. The molecule has 0 aliphatic carbocycles. The number of ether oxygens (including phenoxy) is 1. The fourth-order valence-electron chi connectivity index (χ4n) is 1.95. The first-order valence-electron chi connectivity index (χ1n) is 6.23. The summed E-state index contributed by atoms with van der Waals surface area (Å²) in [5.41, 5.74) is 1.12. The Kier molecular flexibility index (Phi) is 3.67. The van der Waals surface area contributed by atoms with Gasteiger partial charge in [0.25, 0.3) is 0 Å². The average molecular weight is 300 g/mol. The molecule has 0 saturated heterocycles. The Bertz CT molecular complexity index is 810. The van der Waals surface area contributed by atoms with Crippen molar-refractivity contribution < 1.29 is 4.74 Å². The summed E-state index contributed by atoms with van der Waals surface area (Å²) in [6.07, 6.45) is 4.97. The van der Waals surface area contributed by atoms with Crippen LogP contribution in [0.3, 0.4) is 0 Å². The van der Waals surface area contributed by atoms with E-state index in [2.05, 4.69) is 21.4 Å². The zero-order chi connectivity index (χ0) is 14.7. The number of nitriles is 1. The molecule has 6 nitrogen and oxygen atoms in total. The summed E-state index contributed by atoms with van der Waals surface area (Å²) >= 11 is 6.10. The van der Waals surface area contributed by atoms with Crippen LogP contribution in [-0.2, 0) is 6.54 Å². The van der Waals surface area contributed by atoms with Crippen molar-refractivity contribution in [1.82, 2.24) is 20.0 Å². The molecule has 2 aromatic heterocycles. The maximum Gasteiger partial charge on any atom is 0.139 e. The molecule has 0 N–H and O–H groups in total. The maximum absolute atomic E-state index is 9.23. The summed E-state index contributed by atoms with van der Waals surface area (Å²) in [7, 11) is 0. The predicted molar refractivity (Wildman–Crippen MR) is 77.0 cm³/mol. The summed E-state index contributed by atoms with van der Waals surface area (Å²) in [5, 5.41) is 18.1. The average Bonchev–Trinajstić information content (AvgIpc) is 3.00. The zero-order valence-corrected chi connectivity index (χ0v) is 11.7. The standard InChI is InChI=1S/C14H10ClN5O/c15-12-1-2-17-13-8-14(10(9-16)7-11(12)13)21-6-5-20-4-3-18-19-20/h1-4,7-8H,5-6H2. The lowest BCUT2D eigenvalue weighted by Crippen LogP contribution is -2.09. The largest absolute Gasteiger partial charge is 0.490 e. The zero-order valence-electron chi connectivity index (χ0n) is 10.9. The third-order valence-electron chi connectivity index (χ3n) is 2.96. The number of aromatic nitrogens is 4. The first-order chi connectivity index (χ1) is 10.3. The van der Waals surface area contributed by atoms with Crippen LogP contribution in [0.1, 0.15) is 5.56 Å². The van der Waals surface area contributed by atoms with E-state index < -0.39 is 0 Å². The van der Waals surface area contributed by atoms with Gasteiger partial charge in [0.05, 0.1) is 28.8 Å². The van der Waals surface area contributed by atoms with E-state index in [1.165, 1.54) is 0 Å². The highest BCUT2D eigenvalue weighted by atomic mass is 35.5. The van der Waals surface area contributed by atoms with Gasteiger partial charge in [0.2, 0.25) is 0 Å². The van der Waals surface area contributed by atoms with Gasteiger partial charge < -0.3 is 4.74 Å². The molecule has 0 fully saturated rings. The van der Waals surface area contributed by atoms with Crippen LogP contribution in [0.25, 0.3) is 10.9 Å². The summed E-state index contributed by atoms with van der Waals surface area (Å²) in [5.74, 6) is 0.486. The van der Waals surface area contributed by atoms with Gasteiger partial charge in [-0.25, -0.2) is 4.68 Å². The molecule has 0 spiro atoms. The van der Waals surface area contributed by atoms with Crippen molar-refractivity contribution in [2.75, 3.05) is 6.61 Å². The number of benzene rings is 1. The van der Waals surface area contributed by atoms with Gasteiger partial charge in [0.1, 0.15) is 18.4 Å². The second-order valence-electron chi connectivity index (χ2n) is 4.28. The van der Waals surface area contributed by atoms with E-state index in [0.29, 0.717) is 35.0 Å². The Hall–Kier alpha value is -2.65. The molecule has 0 aliphatic heterocycles. The van der Waals surface area contributed by atoms with Crippen molar-refractivity contribution >= 4 is 22.5 Å². The normalized spacial score (nSPS) is 10.5. The van der Waals surface area contributed by atoms with E-state index in [-0.39, 0.29) is 0 Å². The van der Waals surface area contributed by atoms with Crippen molar-refractivity contribution in [3.8, 4) is 11.8 Å². The van der Waals surface area contributed by atoms with Crippen LogP contribution in [0.15, 0.2) is 36.8 Å². The third kappa shape index (κ3) is 2.78. The molecule has 0 amide bonds. The van der Waals surface area contributed by atoms with Crippen LogP contribution < -0.4 is 4.74 Å². The van der Waals surface area contributed by atoms with Gasteiger partial charge in [-0.3, -0.25) is 4.98 Å². The molecule has 104 valence electrons. The van der Waals surface area contributed by atoms with Gasteiger partial charge in [-0.15, -0.1) is 5.10 Å². The van der Waals surface area contributed by atoms with Gasteiger partial charge in [-0.05, 0) is 12.1 Å². The van der Waals surface area contributed by atoms with Crippen LogP contribution in [-0.4, -0.2) is 26.6 Å². The smallest absolute Gasteiger partial charge is 0.139 e. The molecule has 0 unspecified atom stereocenters. The molecule has 0 saturated carbocycles. The lowest BCUT2D eigenvalue weighted by atomic mass is 10.1. The van der Waals surface area contributed by atoms with E-state index in [4.69, 9.17) is 16.3 Å². The summed E-state index contributed by atoms with van der Waals surface area (Å²) < 4.78 is 7.31. The van der Waals surface area contributed by atoms with Crippen LogP contribution in [0.5, 0.6) is 5.75 Å². The fraction of sp³-hybridized carbons (Fsp3) is 0.143. The van der Waals surface area contributed by atoms with Crippen LogP contribution >= 0.6 is 11.6 Å². The van der Waals surface area contributed by atoms with Crippen molar-refractivity contribution in [2.24, 2.45) is 0 Å². The van der Waals surface area contributed by atoms with Gasteiger partial charge in [-0.1, -0.05) is 16.8 Å². The van der Waals surface area contributed by atoms with Gasteiger partial charge >= 0.3 is 0 Å². The number of rotatable bonds is 4. The highest BCUT2D eigenvalue weighted by Gasteiger charge is 2.09. The molecular formula is C14H10ClN5O. The third-order valence-corrected chi connectivity index (χ3v) is 3.29. The molecule has 0 bridgehead atoms. The highest BCUT2D eigenvalue weighted by Crippen LogP contribution is 2.28. The van der Waals surface area contributed by atoms with Gasteiger partial charge in [-0.2, -0.15) is 5.26 Å². The Morgan fingerprint density at radius 2 is 2.24 bits per heavy atom. The van der Waals surface area contributed by atoms with Crippen LogP contribution in [0.4, 0.5) is 0 Å². The van der Waals surface area contributed by atoms with E-state index in [1.54, 1.807) is 41.5 Å². The predicted octanol–water partition coefficient (Wildman–Crippen LogP) is 2.43. The highest BCUT2D eigenvalue weighted by molar-refractivity contribution is 6.35.